The Balaban J connectivity index is 1.29. The van der Waals surface area contributed by atoms with Crippen molar-refractivity contribution in [2.24, 2.45) is 17.8 Å². The number of urea groups is 1. The zero-order valence-corrected chi connectivity index (χ0v) is 16.3. The zero-order valence-electron chi connectivity index (χ0n) is 16.3. The van der Waals surface area contributed by atoms with E-state index in [0.717, 1.165) is 42.6 Å². The first-order chi connectivity index (χ1) is 12.9. The van der Waals surface area contributed by atoms with Crippen LogP contribution in [0.15, 0.2) is 30.3 Å². The first kappa shape index (κ1) is 18.5. The summed E-state index contributed by atoms with van der Waals surface area (Å²) in [5.41, 5.74) is 1.04. The summed E-state index contributed by atoms with van der Waals surface area (Å²) in [6.45, 7) is 3.82. The predicted molar refractivity (Wildman–Crippen MR) is 105 cm³/mol. The highest BCUT2D eigenvalue weighted by Gasteiger charge is 2.51. The van der Waals surface area contributed by atoms with Gasteiger partial charge in [0.1, 0.15) is 0 Å². The van der Waals surface area contributed by atoms with Crippen LogP contribution in [0.1, 0.15) is 64.0 Å². The number of imide groups is 1. The molecule has 0 aliphatic heterocycles. The van der Waals surface area contributed by atoms with Crippen LogP contribution in [0.2, 0.25) is 0 Å². The Kier molecular flexibility index (Phi) is 4.97. The van der Waals surface area contributed by atoms with Crippen LogP contribution in [0, 0.1) is 17.8 Å². The molecule has 5 rings (SSSR count). The minimum atomic E-state index is -0.442. The molecule has 0 unspecified atom stereocenters. The van der Waals surface area contributed by atoms with Gasteiger partial charge in [0.15, 0.2) is 0 Å². The van der Waals surface area contributed by atoms with E-state index in [0.29, 0.717) is 0 Å². The van der Waals surface area contributed by atoms with Gasteiger partial charge in [0.25, 0.3) is 0 Å². The molecule has 5 nitrogen and oxygen atoms in total. The van der Waals surface area contributed by atoms with Crippen molar-refractivity contribution in [3.8, 4) is 0 Å². The molecule has 4 fully saturated rings. The zero-order chi connectivity index (χ0) is 19.0. The number of carbonyl (C=O) groups excluding carboxylic acids is 2. The summed E-state index contributed by atoms with van der Waals surface area (Å²) in [6, 6.07) is 9.27. The Labute approximate surface area is 161 Å². The largest absolute Gasteiger partial charge is 0.332 e. The number of benzene rings is 1. The van der Waals surface area contributed by atoms with E-state index in [4.69, 9.17) is 0 Å². The molecule has 5 heteroatoms. The highest BCUT2D eigenvalue weighted by Crippen LogP contribution is 2.55. The minimum absolute atomic E-state index is 0.0400. The normalized spacial score (nSPS) is 33.3. The third kappa shape index (κ3) is 4.03. The summed E-state index contributed by atoms with van der Waals surface area (Å²) < 4.78 is 0. The van der Waals surface area contributed by atoms with Crippen molar-refractivity contribution in [2.75, 3.05) is 0 Å². The van der Waals surface area contributed by atoms with Crippen molar-refractivity contribution in [1.82, 2.24) is 16.0 Å². The standard InChI is InChI=1S/C22H31N3O2/c1-14(19-6-4-3-5-7-19)23-15(2)20(26)24-21(27)25-22-11-16-8-17(12-22)10-18(9-16)13-22/h3-7,14-18,23H,8-13H2,1-2H3,(H2,24,25,26,27)/t14-,15-,16?,17?,18?,22?/m0/s1. The lowest BCUT2D eigenvalue weighted by atomic mass is 9.53. The average Bonchev–Trinajstić information content (AvgIpc) is 2.60. The smallest absolute Gasteiger partial charge is 0.321 e. The van der Waals surface area contributed by atoms with Crippen molar-refractivity contribution in [3.63, 3.8) is 0 Å². The number of rotatable bonds is 5. The monoisotopic (exact) mass is 369 g/mol. The molecule has 27 heavy (non-hydrogen) atoms. The maximum atomic E-state index is 12.5. The Morgan fingerprint density at radius 1 is 0.963 bits per heavy atom. The van der Waals surface area contributed by atoms with Crippen LogP contribution in [0.4, 0.5) is 4.79 Å². The van der Waals surface area contributed by atoms with Crippen LogP contribution in [-0.4, -0.2) is 23.5 Å². The fourth-order valence-electron chi connectivity index (χ4n) is 6.04. The maximum Gasteiger partial charge on any atom is 0.321 e. The lowest BCUT2D eigenvalue weighted by Gasteiger charge is -2.56. The summed E-state index contributed by atoms with van der Waals surface area (Å²) >= 11 is 0. The highest BCUT2D eigenvalue weighted by atomic mass is 16.2. The van der Waals surface area contributed by atoms with Gasteiger partial charge >= 0.3 is 6.03 Å². The summed E-state index contributed by atoms with van der Waals surface area (Å²) in [5.74, 6) is 2.01. The third-order valence-electron chi connectivity index (χ3n) is 6.85. The molecule has 0 spiro atoms. The lowest BCUT2D eigenvalue weighted by Crippen LogP contribution is -2.62. The third-order valence-corrected chi connectivity index (χ3v) is 6.85. The van der Waals surface area contributed by atoms with Gasteiger partial charge in [0.05, 0.1) is 6.04 Å². The number of carbonyl (C=O) groups is 2. The van der Waals surface area contributed by atoms with Crippen molar-refractivity contribution in [3.05, 3.63) is 35.9 Å². The molecule has 3 N–H and O–H groups in total. The van der Waals surface area contributed by atoms with Gasteiger partial charge in [-0.15, -0.1) is 0 Å². The van der Waals surface area contributed by atoms with Gasteiger partial charge in [-0.2, -0.15) is 0 Å². The molecule has 0 aromatic heterocycles. The van der Waals surface area contributed by atoms with Crippen LogP contribution in [-0.2, 0) is 4.79 Å². The van der Waals surface area contributed by atoms with Crippen molar-refractivity contribution in [2.45, 2.75) is 70.0 Å². The van der Waals surface area contributed by atoms with E-state index in [1.165, 1.54) is 19.3 Å². The Morgan fingerprint density at radius 3 is 2.07 bits per heavy atom. The van der Waals surface area contributed by atoms with Crippen molar-refractivity contribution in [1.29, 1.82) is 0 Å². The molecule has 146 valence electrons. The van der Waals surface area contributed by atoms with Gasteiger partial charge in [0, 0.05) is 11.6 Å². The Morgan fingerprint density at radius 2 is 1.52 bits per heavy atom. The van der Waals surface area contributed by atoms with Crippen LogP contribution >= 0.6 is 0 Å². The van der Waals surface area contributed by atoms with Gasteiger partial charge in [-0.05, 0) is 75.7 Å². The van der Waals surface area contributed by atoms with Gasteiger partial charge in [-0.1, -0.05) is 30.3 Å². The maximum absolute atomic E-state index is 12.5. The first-order valence-corrected chi connectivity index (χ1v) is 10.4. The van der Waals surface area contributed by atoms with Gasteiger partial charge in [0.2, 0.25) is 5.91 Å². The molecule has 1 aromatic carbocycles. The molecule has 4 aliphatic carbocycles. The molecule has 1 aromatic rings. The summed E-state index contributed by atoms with van der Waals surface area (Å²) in [5, 5.41) is 9.03. The first-order valence-electron chi connectivity index (χ1n) is 10.4. The molecule has 4 aliphatic rings. The van der Waals surface area contributed by atoms with Gasteiger partial charge in [-0.3, -0.25) is 15.4 Å². The Hall–Kier alpha value is -1.88. The average molecular weight is 370 g/mol. The quantitative estimate of drug-likeness (QED) is 0.744. The Bertz CT molecular complexity index is 667. The summed E-state index contributed by atoms with van der Waals surface area (Å²) in [4.78, 5) is 25.0. The number of hydrogen-bond donors (Lipinski definition) is 3. The van der Waals surface area contributed by atoms with Gasteiger partial charge in [-0.25, -0.2) is 4.79 Å². The van der Waals surface area contributed by atoms with Crippen LogP contribution in [0.25, 0.3) is 0 Å². The minimum Gasteiger partial charge on any atom is -0.332 e. The van der Waals surface area contributed by atoms with E-state index >= 15 is 0 Å². The lowest BCUT2D eigenvalue weighted by molar-refractivity contribution is -0.121. The van der Waals surface area contributed by atoms with E-state index in [1.54, 1.807) is 6.92 Å². The molecule has 0 heterocycles. The highest BCUT2D eigenvalue weighted by molar-refractivity contribution is 5.97. The van der Waals surface area contributed by atoms with Crippen LogP contribution in [0.5, 0.6) is 0 Å². The van der Waals surface area contributed by atoms with E-state index in [2.05, 4.69) is 16.0 Å². The van der Waals surface area contributed by atoms with Crippen LogP contribution in [0.3, 0.4) is 0 Å². The van der Waals surface area contributed by atoms with E-state index in [1.807, 2.05) is 37.3 Å². The molecule has 3 amide bonds. The molecule has 2 atom stereocenters. The number of hydrogen-bond acceptors (Lipinski definition) is 3. The fraction of sp³-hybridized carbons (Fsp3) is 0.636. The van der Waals surface area contributed by atoms with Crippen LogP contribution < -0.4 is 16.0 Å². The van der Waals surface area contributed by atoms with Crippen molar-refractivity contribution < 1.29 is 9.59 Å². The summed E-state index contributed by atoms with van der Waals surface area (Å²) in [6.07, 6.45) is 7.25. The van der Waals surface area contributed by atoms with Gasteiger partial charge < -0.3 is 5.32 Å². The fourth-order valence-corrected chi connectivity index (χ4v) is 6.04. The molecular formula is C22H31N3O2. The van der Waals surface area contributed by atoms with E-state index in [9.17, 15) is 9.59 Å². The molecule has 4 bridgehead atoms. The molecule has 0 radical (unpaired) electrons. The summed E-state index contributed by atoms with van der Waals surface area (Å²) in [7, 11) is 0. The molecule has 0 saturated heterocycles. The number of nitrogens with one attached hydrogen (secondary N) is 3. The topological polar surface area (TPSA) is 70.2 Å². The second-order valence-corrected chi connectivity index (χ2v) is 9.16. The second-order valence-electron chi connectivity index (χ2n) is 9.16. The van der Waals surface area contributed by atoms with E-state index < -0.39 is 6.04 Å². The molecule has 4 saturated carbocycles. The molecular weight excluding hydrogens is 338 g/mol. The number of amides is 3. The predicted octanol–water partition coefficient (Wildman–Crippen LogP) is 3.52. The van der Waals surface area contributed by atoms with E-state index in [-0.39, 0.29) is 23.5 Å². The second kappa shape index (κ2) is 7.27. The van der Waals surface area contributed by atoms with Crippen molar-refractivity contribution >= 4 is 11.9 Å². The SMILES string of the molecule is C[C@H](N[C@@H](C)c1ccccc1)C(=O)NC(=O)NC12CC3CC(CC(C3)C1)C2.